The van der Waals surface area contributed by atoms with E-state index in [0.29, 0.717) is 10.8 Å². The van der Waals surface area contributed by atoms with Gasteiger partial charge in [0.25, 0.3) is 0 Å². The molecule has 4 nitrogen and oxygen atoms in total. The molecule has 5 heteroatoms. The number of methoxy groups -OCH3 is 1. The molecule has 2 aromatic heterocycles. The summed E-state index contributed by atoms with van der Waals surface area (Å²) in [5.41, 5.74) is 3.35. The van der Waals surface area contributed by atoms with Crippen LogP contribution in [0.2, 0.25) is 0 Å². The minimum absolute atomic E-state index is 0.296. The number of aromatic nitrogens is 2. The van der Waals surface area contributed by atoms with Crippen molar-refractivity contribution in [1.82, 2.24) is 9.97 Å². The predicted molar refractivity (Wildman–Crippen MR) is 73.4 cm³/mol. The van der Waals surface area contributed by atoms with Gasteiger partial charge in [-0.25, -0.2) is 14.8 Å². The Labute approximate surface area is 115 Å². The molecule has 1 aliphatic carbocycles. The number of hydrogen-bond donors (Lipinski definition) is 0. The standard InChI is InChI=1S/C14H14N2O2S/c1-8-3-4-9-12(8)13(16-7-15-9)10-5-6-11(19-10)14(17)18-2/h5-8H,3-4H2,1-2H3/t8-/m1/s1. The van der Waals surface area contributed by atoms with Crippen molar-refractivity contribution in [2.24, 2.45) is 0 Å². The number of carbonyl (C=O) groups is 1. The van der Waals surface area contributed by atoms with Gasteiger partial charge in [0.1, 0.15) is 11.2 Å². The van der Waals surface area contributed by atoms with Crippen LogP contribution in [0.25, 0.3) is 10.6 Å². The van der Waals surface area contributed by atoms with Gasteiger partial charge in [0, 0.05) is 11.3 Å². The summed E-state index contributed by atoms with van der Waals surface area (Å²) >= 11 is 1.42. The van der Waals surface area contributed by atoms with Crippen LogP contribution in [-0.4, -0.2) is 23.0 Å². The van der Waals surface area contributed by atoms with Gasteiger partial charge in [0.15, 0.2) is 0 Å². The van der Waals surface area contributed by atoms with E-state index in [4.69, 9.17) is 4.74 Å². The first-order valence-corrected chi connectivity index (χ1v) is 7.04. The molecule has 0 aliphatic heterocycles. The first-order valence-electron chi connectivity index (χ1n) is 6.23. The summed E-state index contributed by atoms with van der Waals surface area (Å²) in [6, 6.07) is 3.73. The molecule has 0 aromatic carbocycles. The Morgan fingerprint density at radius 1 is 1.42 bits per heavy atom. The first kappa shape index (κ1) is 12.3. The SMILES string of the molecule is COC(=O)c1ccc(-c2ncnc3c2[C@H](C)CC3)s1. The van der Waals surface area contributed by atoms with Crippen LogP contribution in [0.1, 0.15) is 40.2 Å². The number of hydrogen-bond acceptors (Lipinski definition) is 5. The summed E-state index contributed by atoms with van der Waals surface area (Å²) in [5.74, 6) is 0.185. The highest BCUT2D eigenvalue weighted by Gasteiger charge is 2.25. The van der Waals surface area contributed by atoms with Crippen molar-refractivity contribution in [3.8, 4) is 10.6 Å². The predicted octanol–water partition coefficient (Wildman–Crippen LogP) is 3.04. The van der Waals surface area contributed by atoms with Crippen LogP contribution in [-0.2, 0) is 11.2 Å². The lowest BCUT2D eigenvalue weighted by Crippen LogP contribution is -1.97. The van der Waals surface area contributed by atoms with Gasteiger partial charge in [0.05, 0.1) is 17.7 Å². The smallest absolute Gasteiger partial charge is 0.348 e. The van der Waals surface area contributed by atoms with Gasteiger partial charge in [-0.05, 0) is 30.9 Å². The van der Waals surface area contributed by atoms with Gasteiger partial charge in [0.2, 0.25) is 0 Å². The highest BCUT2D eigenvalue weighted by Crippen LogP contribution is 2.39. The molecule has 1 aliphatic rings. The minimum Gasteiger partial charge on any atom is -0.465 e. The van der Waals surface area contributed by atoms with Crippen molar-refractivity contribution < 1.29 is 9.53 Å². The highest BCUT2D eigenvalue weighted by molar-refractivity contribution is 7.17. The molecule has 2 heterocycles. The molecule has 0 fully saturated rings. The van der Waals surface area contributed by atoms with Gasteiger partial charge in [-0.2, -0.15) is 0 Å². The Hall–Kier alpha value is -1.75. The zero-order valence-electron chi connectivity index (χ0n) is 10.8. The quantitative estimate of drug-likeness (QED) is 0.790. The summed E-state index contributed by atoms with van der Waals surface area (Å²) in [4.78, 5) is 21.9. The number of esters is 1. The lowest BCUT2D eigenvalue weighted by Gasteiger charge is -2.08. The maximum absolute atomic E-state index is 11.5. The van der Waals surface area contributed by atoms with Gasteiger partial charge in [-0.1, -0.05) is 6.92 Å². The number of ether oxygens (including phenoxy) is 1. The van der Waals surface area contributed by atoms with Gasteiger partial charge in [-0.15, -0.1) is 11.3 Å². The number of carbonyl (C=O) groups excluding carboxylic acids is 1. The largest absolute Gasteiger partial charge is 0.465 e. The Morgan fingerprint density at radius 3 is 3.05 bits per heavy atom. The molecule has 1 atom stereocenters. The molecule has 0 unspecified atom stereocenters. The van der Waals surface area contributed by atoms with E-state index in [-0.39, 0.29) is 5.97 Å². The number of nitrogens with zero attached hydrogens (tertiary/aromatic N) is 2. The third-order valence-corrected chi connectivity index (χ3v) is 4.57. The molecular weight excluding hydrogens is 260 g/mol. The van der Waals surface area contributed by atoms with Crippen molar-refractivity contribution in [3.63, 3.8) is 0 Å². The number of thiophene rings is 1. The molecule has 2 aromatic rings. The second-order valence-corrected chi connectivity index (χ2v) is 5.76. The second-order valence-electron chi connectivity index (χ2n) is 4.68. The molecule has 0 saturated carbocycles. The van der Waals surface area contributed by atoms with Crippen LogP contribution >= 0.6 is 11.3 Å². The second kappa shape index (κ2) is 4.74. The molecule has 0 bridgehead atoms. The van der Waals surface area contributed by atoms with Gasteiger partial charge in [-0.3, -0.25) is 0 Å². The molecule has 0 amide bonds. The Morgan fingerprint density at radius 2 is 2.26 bits per heavy atom. The molecule has 0 N–H and O–H groups in total. The Bertz CT molecular complexity index is 636. The van der Waals surface area contributed by atoms with E-state index in [0.717, 1.165) is 29.1 Å². The molecule has 0 spiro atoms. The fourth-order valence-corrected chi connectivity index (χ4v) is 3.45. The van der Waals surface area contributed by atoms with Crippen molar-refractivity contribution >= 4 is 17.3 Å². The fraction of sp³-hybridized carbons (Fsp3) is 0.357. The average Bonchev–Trinajstić information content (AvgIpc) is 3.05. The van der Waals surface area contributed by atoms with E-state index in [9.17, 15) is 4.79 Å². The lowest BCUT2D eigenvalue weighted by atomic mass is 10.0. The zero-order valence-corrected chi connectivity index (χ0v) is 11.7. The van der Waals surface area contributed by atoms with Crippen LogP contribution in [0.4, 0.5) is 0 Å². The summed E-state index contributed by atoms with van der Waals surface area (Å²) < 4.78 is 4.74. The van der Waals surface area contributed by atoms with E-state index in [1.54, 1.807) is 12.4 Å². The third-order valence-electron chi connectivity index (χ3n) is 3.50. The number of fused-ring (bicyclic) bond motifs is 1. The topological polar surface area (TPSA) is 52.1 Å². The average molecular weight is 274 g/mol. The summed E-state index contributed by atoms with van der Waals surface area (Å²) in [7, 11) is 1.40. The number of aryl methyl sites for hydroxylation is 1. The third kappa shape index (κ3) is 2.04. The molecular formula is C14H14N2O2S. The summed E-state index contributed by atoms with van der Waals surface area (Å²) in [6.07, 6.45) is 3.75. The Kier molecular flexibility index (Phi) is 3.06. The van der Waals surface area contributed by atoms with E-state index < -0.39 is 0 Å². The minimum atomic E-state index is -0.296. The first-order chi connectivity index (χ1) is 9.20. The van der Waals surface area contributed by atoms with Gasteiger partial charge < -0.3 is 4.74 Å². The van der Waals surface area contributed by atoms with Crippen molar-refractivity contribution in [2.75, 3.05) is 7.11 Å². The van der Waals surface area contributed by atoms with Crippen LogP contribution in [0.5, 0.6) is 0 Å². The molecule has 19 heavy (non-hydrogen) atoms. The van der Waals surface area contributed by atoms with Crippen LogP contribution in [0.15, 0.2) is 18.5 Å². The van der Waals surface area contributed by atoms with E-state index in [1.807, 2.05) is 6.07 Å². The zero-order chi connectivity index (χ0) is 13.4. The fourth-order valence-electron chi connectivity index (χ4n) is 2.52. The maximum Gasteiger partial charge on any atom is 0.348 e. The lowest BCUT2D eigenvalue weighted by molar-refractivity contribution is 0.0606. The monoisotopic (exact) mass is 274 g/mol. The summed E-state index contributed by atoms with van der Waals surface area (Å²) in [5, 5.41) is 0. The van der Waals surface area contributed by atoms with E-state index in [1.165, 1.54) is 24.0 Å². The van der Waals surface area contributed by atoms with E-state index in [2.05, 4.69) is 16.9 Å². The van der Waals surface area contributed by atoms with E-state index >= 15 is 0 Å². The normalized spacial score (nSPS) is 17.3. The molecule has 3 rings (SSSR count). The summed E-state index contributed by atoms with van der Waals surface area (Å²) in [6.45, 7) is 2.20. The Balaban J connectivity index is 2.06. The number of rotatable bonds is 2. The molecule has 98 valence electrons. The van der Waals surface area contributed by atoms with Crippen molar-refractivity contribution in [3.05, 3.63) is 34.6 Å². The maximum atomic E-state index is 11.5. The molecule has 0 radical (unpaired) electrons. The highest BCUT2D eigenvalue weighted by atomic mass is 32.1. The van der Waals surface area contributed by atoms with Crippen LogP contribution in [0, 0.1) is 0 Å². The van der Waals surface area contributed by atoms with Crippen LogP contribution < -0.4 is 0 Å². The van der Waals surface area contributed by atoms with Crippen molar-refractivity contribution in [1.29, 1.82) is 0 Å². The van der Waals surface area contributed by atoms with Crippen LogP contribution in [0.3, 0.4) is 0 Å². The molecule has 0 saturated heterocycles. The van der Waals surface area contributed by atoms with Crippen molar-refractivity contribution in [2.45, 2.75) is 25.7 Å². The van der Waals surface area contributed by atoms with Gasteiger partial charge >= 0.3 is 5.97 Å².